The summed E-state index contributed by atoms with van der Waals surface area (Å²) in [6, 6.07) is 2.43. The van der Waals surface area contributed by atoms with Crippen molar-refractivity contribution in [2.24, 2.45) is 0 Å². The van der Waals surface area contributed by atoms with Crippen LogP contribution < -0.4 is 5.32 Å². The minimum atomic E-state index is 0.246. The quantitative estimate of drug-likeness (QED) is 0.825. The molecule has 1 atom stereocenters. The van der Waals surface area contributed by atoms with E-state index < -0.39 is 0 Å². The van der Waals surface area contributed by atoms with Crippen LogP contribution in [0.1, 0.15) is 31.6 Å². The van der Waals surface area contributed by atoms with Crippen molar-refractivity contribution in [1.29, 1.82) is 0 Å². The smallest absolute Gasteiger partial charge is 0.123 e. The van der Waals surface area contributed by atoms with Gasteiger partial charge in [-0.05, 0) is 12.5 Å². The first-order chi connectivity index (χ1) is 8.25. The highest BCUT2D eigenvalue weighted by Crippen LogP contribution is 2.15. The molecule has 4 nitrogen and oxygen atoms in total. The molecule has 0 spiro atoms. The lowest BCUT2D eigenvalue weighted by Gasteiger charge is -2.11. The zero-order chi connectivity index (χ0) is 12.1. The first-order valence-electron chi connectivity index (χ1n) is 6.23. The van der Waals surface area contributed by atoms with Gasteiger partial charge in [0, 0.05) is 18.2 Å². The highest BCUT2D eigenvalue weighted by molar-refractivity contribution is 5.15. The van der Waals surface area contributed by atoms with Crippen LogP contribution in [-0.2, 0) is 22.6 Å². The summed E-state index contributed by atoms with van der Waals surface area (Å²) < 4.78 is 16.5. The largest absolute Gasteiger partial charge is 0.468 e. The molecule has 1 fully saturated rings. The minimum absolute atomic E-state index is 0.246. The molecular formula is C13H21NO3. The van der Waals surface area contributed by atoms with Gasteiger partial charge in [-0.1, -0.05) is 13.8 Å². The standard InChI is InChI=1S/C13H21NO3/c1-10(2)14-7-13-11(3-6-16-13)8-17-12-4-5-15-9-12/h3,6,10,12,14H,4-5,7-9H2,1-2H3. The fourth-order valence-electron chi connectivity index (χ4n) is 1.80. The SMILES string of the molecule is CC(C)NCc1occc1COC1CCOC1. The van der Waals surface area contributed by atoms with Gasteiger partial charge < -0.3 is 19.2 Å². The molecule has 1 unspecified atom stereocenters. The van der Waals surface area contributed by atoms with Crippen molar-refractivity contribution < 1.29 is 13.9 Å². The van der Waals surface area contributed by atoms with Crippen LogP contribution in [0.25, 0.3) is 0 Å². The Morgan fingerprint density at radius 3 is 3.12 bits per heavy atom. The van der Waals surface area contributed by atoms with Crippen LogP contribution in [0.2, 0.25) is 0 Å². The van der Waals surface area contributed by atoms with E-state index in [1.165, 1.54) is 0 Å². The summed E-state index contributed by atoms with van der Waals surface area (Å²) in [5.41, 5.74) is 1.13. The molecule has 0 aliphatic carbocycles. The highest BCUT2D eigenvalue weighted by Gasteiger charge is 2.17. The number of ether oxygens (including phenoxy) is 2. The monoisotopic (exact) mass is 239 g/mol. The molecule has 1 aliphatic heterocycles. The summed E-state index contributed by atoms with van der Waals surface area (Å²) in [4.78, 5) is 0. The van der Waals surface area contributed by atoms with Crippen LogP contribution >= 0.6 is 0 Å². The molecule has 0 saturated carbocycles. The number of hydrogen-bond donors (Lipinski definition) is 1. The molecule has 1 aromatic heterocycles. The van der Waals surface area contributed by atoms with E-state index in [4.69, 9.17) is 13.9 Å². The molecule has 2 rings (SSSR count). The van der Waals surface area contributed by atoms with Gasteiger partial charge in [0.2, 0.25) is 0 Å². The van der Waals surface area contributed by atoms with E-state index in [9.17, 15) is 0 Å². The van der Waals surface area contributed by atoms with Crippen LogP contribution in [-0.4, -0.2) is 25.4 Å². The fourth-order valence-corrected chi connectivity index (χ4v) is 1.80. The molecule has 2 heterocycles. The molecule has 96 valence electrons. The first-order valence-corrected chi connectivity index (χ1v) is 6.23. The second-order valence-corrected chi connectivity index (χ2v) is 4.70. The molecule has 1 saturated heterocycles. The Bertz CT molecular complexity index is 329. The van der Waals surface area contributed by atoms with Crippen LogP contribution in [0.15, 0.2) is 16.7 Å². The molecule has 0 bridgehead atoms. The Morgan fingerprint density at radius 2 is 2.41 bits per heavy atom. The van der Waals surface area contributed by atoms with Crippen molar-refractivity contribution in [2.75, 3.05) is 13.2 Å². The Balaban J connectivity index is 1.80. The summed E-state index contributed by atoms with van der Waals surface area (Å²) in [6.45, 7) is 7.14. The Hall–Kier alpha value is -0.840. The molecule has 1 aliphatic rings. The van der Waals surface area contributed by atoms with E-state index in [0.717, 1.165) is 37.5 Å². The van der Waals surface area contributed by atoms with Gasteiger partial charge in [-0.25, -0.2) is 0 Å². The van der Waals surface area contributed by atoms with Crippen LogP contribution in [0.5, 0.6) is 0 Å². The van der Waals surface area contributed by atoms with Crippen molar-refractivity contribution in [1.82, 2.24) is 5.32 Å². The molecule has 0 aromatic carbocycles. The molecule has 0 amide bonds. The van der Waals surface area contributed by atoms with Crippen molar-refractivity contribution in [3.05, 3.63) is 23.7 Å². The van der Waals surface area contributed by atoms with Gasteiger partial charge in [0.15, 0.2) is 0 Å². The van der Waals surface area contributed by atoms with E-state index >= 15 is 0 Å². The summed E-state index contributed by atoms with van der Waals surface area (Å²) in [7, 11) is 0. The lowest BCUT2D eigenvalue weighted by Crippen LogP contribution is -2.22. The predicted molar refractivity (Wildman–Crippen MR) is 64.7 cm³/mol. The number of nitrogens with one attached hydrogen (secondary N) is 1. The molecule has 0 radical (unpaired) electrons. The lowest BCUT2D eigenvalue weighted by atomic mass is 10.2. The number of furan rings is 1. The Labute approximate surface area is 102 Å². The molecule has 1 N–H and O–H groups in total. The molecule has 17 heavy (non-hydrogen) atoms. The maximum atomic E-state index is 5.78. The normalized spacial score (nSPS) is 20.3. The number of rotatable bonds is 6. The van der Waals surface area contributed by atoms with Gasteiger partial charge >= 0.3 is 0 Å². The van der Waals surface area contributed by atoms with E-state index in [-0.39, 0.29) is 6.10 Å². The first kappa shape index (κ1) is 12.6. The third-order valence-electron chi connectivity index (χ3n) is 2.87. The molecule has 4 heteroatoms. The van der Waals surface area contributed by atoms with Crippen molar-refractivity contribution in [3.8, 4) is 0 Å². The summed E-state index contributed by atoms with van der Waals surface area (Å²) in [6.07, 6.45) is 2.97. The third-order valence-corrected chi connectivity index (χ3v) is 2.87. The summed E-state index contributed by atoms with van der Waals surface area (Å²) in [5, 5.41) is 3.34. The van der Waals surface area contributed by atoms with Crippen molar-refractivity contribution in [3.63, 3.8) is 0 Å². The van der Waals surface area contributed by atoms with Gasteiger partial charge in [-0.15, -0.1) is 0 Å². The van der Waals surface area contributed by atoms with Gasteiger partial charge in [0.05, 0.1) is 32.1 Å². The van der Waals surface area contributed by atoms with Crippen molar-refractivity contribution >= 4 is 0 Å². The van der Waals surface area contributed by atoms with E-state index in [1.807, 2.05) is 6.07 Å². The molecule has 1 aromatic rings. The van der Waals surface area contributed by atoms with Crippen LogP contribution in [0, 0.1) is 0 Å². The second-order valence-electron chi connectivity index (χ2n) is 4.70. The number of hydrogen-bond acceptors (Lipinski definition) is 4. The Kier molecular flexibility index (Phi) is 4.59. The lowest BCUT2D eigenvalue weighted by molar-refractivity contribution is 0.0310. The van der Waals surface area contributed by atoms with Crippen LogP contribution in [0.4, 0.5) is 0 Å². The van der Waals surface area contributed by atoms with E-state index in [2.05, 4.69) is 19.2 Å². The second kappa shape index (κ2) is 6.19. The minimum Gasteiger partial charge on any atom is -0.468 e. The maximum absolute atomic E-state index is 5.78. The van der Waals surface area contributed by atoms with Gasteiger partial charge in [0.1, 0.15) is 5.76 Å². The van der Waals surface area contributed by atoms with Crippen LogP contribution in [0.3, 0.4) is 0 Å². The summed E-state index contributed by atoms with van der Waals surface area (Å²) >= 11 is 0. The topological polar surface area (TPSA) is 43.6 Å². The highest BCUT2D eigenvalue weighted by atomic mass is 16.5. The zero-order valence-corrected chi connectivity index (χ0v) is 10.6. The van der Waals surface area contributed by atoms with Gasteiger partial charge in [-0.2, -0.15) is 0 Å². The van der Waals surface area contributed by atoms with Gasteiger partial charge in [0.25, 0.3) is 0 Å². The zero-order valence-electron chi connectivity index (χ0n) is 10.6. The van der Waals surface area contributed by atoms with E-state index in [1.54, 1.807) is 6.26 Å². The average Bonchev–Trinajstić information content (AvgIpc) is 2.95. The fraction of sp³-hybridized carbons (Fsp3) is 0.692. The average molecular weight is 239 g/mol. The third kappa shape index (κ3) is 3.84. The van der Waals surface area contributed by atoms with Gasteiger partial charge in [-0.3, -0.25) is 0 Å². The Morgan fingerprint density at radius 1 is 1.53 bits per heavy atom. The summed E-state index contributed by atoms with van der Waals surface area (Å²) in [5.74, 6) is 0.970. The predicted octanol–water partition coefficient (Wildman–Crippen LogP) is 2.08. The van der Waals surface area contributed by atoms with E-state index in [0.29, 0.717) is 12.6 Å². The van der Waals surface area contributed by atoms with Crippen molar-refractivity contribution in [2.45, 2.75) is 45.6 Å². The maximum Gasteiger partial charge on any atom is 0.123 e. The molecular weight excluding hydrogens is 218 g/mol.